The van der Waals surface area contributed by atoms with Gasteiger partial charge in [0, 0.05) is 6.54 Å². The lowest BCUT2D eigenvalue weighted by Crippen LogP contribution is -2.25. The summed E-state index contributed by atoms with van der Waals surface area (Å²) < 4.78 is 10.6. The molecular weight excluding hydrogens is 254 g/mol. The summed E-state index contributed by atoms with van der Waals surface area (Å²) in [5, 5.41) is 0. The summed E-state index contributed by atoms with van der Waals surface area (Å²) in [5.74, 6) is 0.282. The molecule has 0 atom stereocenters. The number of carbonyl (C=O) groups excluding carboxylic acids is 1. The van der Waals surface area contributed by atoms with Crippen molar-refractivity contribution in [1.82, 2.24) is 4.90 Å². The average Bonchev–Trinajstić information content (AvgIpc) is 3.00. The number of ether oxygens (including phenoxy) is 2. The number of likely N-dealkylation sites (tertiary alicyclic amines) is 1. The number of nitrogens with zero attached hydrogens (tertiary/aromatic N) is 1. The van der Waals surface area contributed by atoms with Crippen LogP contribution in [0, 0.1) is 0 Å². The van der Waals surface area contributed by atoms with Crippen LogP contribution in [-0.4, -0.2) is 44.2 Å². The van der Waals surface area contributed by atoms with Crippen LogP contribution < -0.4 is 4.74 Å². The molecular formula is C16H23NO3. The van der Waals surface area contributed by atoms with E-state index in [1.54, 1.807) is 0 Å². The van der Waals surface area contributed by atoms with Gasteiger partial charge >= 0.3 is 5.97 Å². The van der Waals surface area contributed by atoms with E-state index in [4.69, 9.17) is 9.47 Å². The number of benzene rings is 1. The van der Waals surface area contributed by atoms with Gasteiger partial charge in [-0.15, -0.1) is 0 Å². The van der Waals surface area contributed by atoms with E-state index in [0.717, 1.165) is 31.6 Å². The standard InChI is InChI=1S/C16H23NO3/c1-3-13-6-7-15(14(12-13)16(18)19-2)20-11-10-17-8-4-5-9-17/h6-7,12H,3-5,8-11H2,1-2H3. The molecule has 4 heteroatoms. The summed E-state index contributed by atoms with van der Waals surface area (Å²) in [5.41, 5.74) is 1.63. The fourth-order valence-electron chi connectivity index (χ4n) is 2.48. The first-order valence-electron chi connectivity index (χ1n) is 7.31. The monoisotopic (exact) mass is 277 g/mol. The molecule has 0 amide bonds. The number of hydrogen-bond acceptors (Lipinski definition) is 4. The lowest BCUT2D eigenvalue weighted by molar-refractivity contribution is 0.0595. The smallest absolute Gasteiger partial charge is 0.341 e. The topological polar surface area (TPSA) is 38.8 Å². The number of esters is 1. The van der Waals surface area contributed by atoms with Crippen molar-refractivity contribution in [2.45, 2.75) is 26.2 Å². The molecule has 2 rings (SSSR count). The van der Waals surface area contributed by atoms with Gasteiger partial charge in [0.05, 0.1) is 7.11 Å². The Morgan fingerprint density at radius 3 is 2.70 bits per heavy atom. The highest BCUT2D eigenvalue weighted by Gasteiger charge is 2.15. The van der Waals surface area contributed by atoms with Crippen molar-refractivity contribution in [1.29, 1.82) is 0 Å². The third kappa shape index (κ3) is 3.73. The first-order valence-corrected chi connectivity index (χ1v) is 7.31. The van der Waals surface area contributed by atoms with E-state index in [0.29, 0.717) is 17.9 Å². The SMILES string of the molecule is CCc1ccc(OCCN2CCCC2)c(C(=O)OC)c1. The Kier molecular flexibility index (Phi) is 5.41. The van der Waals surface area contributed by atoms with Crippen LogP contribution >= 0.6 is 0 Å². The maximum Gasteiger partial charge on any atom is 0.341 e. The summed E-state index contributed by atoms with van der Waals surface area (Å²) in [7, 11) is 1.40. The summed E-state index contributed by atoms with van der Waals surface area (Å²) >= 11 is 0. The molecule has 4 nitrogen and oxygen atoms in total. The number of rotatable bonds is 6. The molecule has 1 aromatic rings. The molecule has 1 aliphatic rings. The maximum absolute atomic E-state index is 11.8. The van der Waals surface area contributed by atoms with Crippen LogP contribution in [0.15, 0.2) is 18.2 Å². The van der Waals surface area contributed by atoms with Crippen molar-refractivity contribution in [2.24, 2.45) is 0 Å². The molecule has 1 heterocycles. The number of methoxy groups -OCH3 is 1. The van der Waals surface area contributed by atoms with E-state index in [1.165, 1.54) is 20.0 Å². The zero-order chi connectivity index (χ0) is 14.4. The van der Waals surface area contributed by atoms with Gasteiger partial charge in [-0.25, -0.2) is 4.79 Å². The number of hydrogen-bond donors (Lipinski definition) is 0. The zero-order valence-electron chi connectivity index (χ0n) is 12.4. The Morgan fingerprint density at radius 2 is 2.05 bits per heavy atom. The van der Waals surface area contributed by atoms with Crippen molar-refractivity contribution >= 4 is 5.97 Å². The molecule has 1 aliphatic heterocycles. The minimum atomic E-state index is -0.337. The second-order valence-electron chi connectivity index (χ2n) is 5.07. The Morgan fingerprint density at radius 1 is 1.30 bits per heavy atom. The van der Waals surface area contributed by atoms with Crippen molar-refractivity contribution < 1.29 is 14.3 Å². The molecule has 0 aliphatic carbocycles. The van der Waals surface area contributed by atoms with Crippen LogP contribution in [0.2, 0.25) is 0 Å². The Bertz CT molecular complexity index is 453. The van der Waals surface area contributed by atoms with Gasteiger partial charge in [0.15, 0.2) is 0 Å². The number of aryl methyl sites for hydroxylation is 1. The second-order valence-corrected chi connectivity index (χ2v) is 5.07. The van der Waals surface area contributed by atoms with E-state index in [-0.39, 0.29) is 5.97 Å². The van der Waals surface area contributed by atoms with E-state index >= 15 is 0 Å². The van der Waals surface area contributed by atoms with Crippen LogP contribution in [0.25, 0.3) is 0 Å². The third-order valence-electron chi connectivity index (χ3n) is 3.72. The predicted molar refractivity (Wildman–Crippen MR) is 78.3 cm³/mol. The normalized spacial score (nSPS) is 15.3. The number of carbonyl (C=O) groups is 1. The van der Waals surface area contributed by atoms with Gasteiger partial charge in [-0.3, -0.25) is 4.90 Å². The van der Waals surface area contributed by atoms with E-state index in [1.807, 2.05) is 18.2 Å². The second kappa shape index (κ2) is 7.29. The molecule has 0 aromatic heterocycles. The fraction of sp³-hybridized carbons (Fsp3) is 0.562. The molecule has 1 fully saturated rings. The van der Waals surface area contributed by atoms with Gasteiger partial charge in [-0.2, -0.15) is 0 Å². The maximum atomic E-state index is 11.8. The van der Waals surface area contributed by atoms with E-state index in [2.05, 4.69) is 11.8 Å². The molecule has 0 unspecified atom stereocenters. The van der Waals surface area contributed by atoms with Crippen LogP contribution in [0.5, 0.6) is 5.75 Å². The predicted octanol–water partition coefficient (Wildman–Crippen LogP) is 2.51. The van der Waals surface area contributed by atoms with Gasteiger partial charge in [0.1, 0.15) is 17.9 Å². The van der Waals surface area contributed by atoms with Gasteiger partial charge < -0.3 is 9.47 Å². The van der Waals surface area contributed by atoms with Crippen LogP contribution in [0.3, 0.4) is 0 Å². The minimum absolute atomic E-state index is 0.337. The summed E-state index contributed by atoms with van der Waals surface area (Å²) in [6, 6.07) is 5.73. The van der Waals surface area contributed by atoms with Crippen molar-refractivity contribution in [3.63, 3.8) is 0 Å². The zero-order valence-corrected chi connectivity index (χ0v) is 12.4. The van der Waals surface area contributed by atoms with Crippen LogP contribution in [0.1, 0.15) is 35.7 Å². The van der Waals surface area contributed by atoms with Gasteiger partial charge in [0.25, 0.3) is 0 Å². The molecule has 1 aromatic carbocycles. The molecule has 1 saturated heterocycles. The largest absolute Gasteiger partial charge is 0.491 e. The molecule has 0 saturated carbocycles. The summed E-state index contributed by atoms with van der Waals surface area (Å²) in [6.07, 6.45) is 3.44. The fourth-order valence-corrected chi connectivity index (χ4v) is 2.48. The van der Waals surface area contributed by atoms with Crippen molar-refractivity contribution in [3.05, 3.63) is 29.3 Å². The highest BCUT2D eigenvalue weighted by Crippen LogP contribution is 2.21. The van der Waals surface area contributed by atoms with Gasteiger partial charge in [-0.05, 0) is 50.0 Å². The van der Waals surface area contributed by atoms with Gasteiger partial charge in [0.2, 0.25) is 0 Å². The Hall–Kier alpha value is -1.55. The average molecular weight is 277 g/mol. The van der Waals surface area contributed by atoms with E-state index < -0.39 is 0 Å². The van der Waals surface area contributed by atoms with Crippen LogP contribution in [-0.2, 0) is 11.2 Å². The quantitative estimate of drug-likeness (QED) is 0.749. The molecule has 0 N–H and O–H groups in total. The highest BCUT2D eigenvalue weighted by molar-refractivity contribution is 5.92. The lowest BCUT2D eigenvalue weighted by atomic mass is 10.1. The molecule has 20 heavy (non-hydrogen) atoms. The Labute approximate surface area is 120 Å². The first-order chi connectivity index (χ1) is 9.74. The third-order valence-corrected chi connectivity index (χ3v) is 3.72. The molecule has 0 bridgehead atoms. The van der Waals surface area contributed by atoms with Crippen molar-refractivity contribution in [3.8, 4) is 5.75 Å². The minimum Gasteiger partial charge on any atom is -0.491 e. The lowest BCUT2D eigenvalue weighted by Gasteiger charge is -2.16. The Balaban J connectivity index is 1.99. The van der Waals surface area contributed by atoms with Gasteiger partial charge in [-0.1, -0.05) is 13.0 Å². The van der Waals surface area contributed by atoms with E-state index in [9.17, 15) is 4.79 Å². The highest BCUT2D eigenvalue weighted by atomic mass is 16.5. The molecule has 0 radical (unpaired) electrons. The summed E-state index contributed by atoms with van der Waals surface area (Å²) in [4.78, 5) is 14.2. The molecule has 0 spiro atoms. The summed E-state index contributed by atoms with van der Waals surface area (Å²) in [6.45, 7) is 5.89. The first kappa shape index (κ1) is 14.9. The van der Waals surface area contributed by atoms with Crippen LogP contribution in [0.4, 0.5) is 0 Å². The molecule has 110 valence electrons. The van der Waals surface area contributed by atoms with Crippen molar-refractivity contribution in [2.75, 3.05) is 33.4 Å².